The summed E-state index contributed by atoms with van der Waals surface area (Å²) in [5, 5.41) is 9.92. The summed E-state index contributed by atoms with van der Waals surface area (Å²) in [7, 11) is -3.74. The highest BCUT2D eigenvalue weighted by Crippen LogP contribution is 2.41. The second-order valence-electron chi connectivity index (χ2n) is 5.88. The predicted octanol–water partition coefficient (Wildman–Crippen LogP) is 1.16. The predicted molar refractivity (Wildman–Crippen MR) is 79.4 cm³/mol. The van der Waals surface area contributed by atoms with Gasteiger partial charge in [0.15, 0.2) is 10.3 Å². The van der Waals surface area contributed by atoms with Crippen molar-refractivity contribution in [1.29, 1.82) is 0 Å². The van der Waals surface area contributed by atoms with Crippen molar-refractivity contribution in [2.75, 3.05) is 13.1 Å². The van der Waals surface area contributed by atoms with Crippen molar-refractivity contribution in [3.05, 3.63) is 10.7 Å². The molecule has 1 N–H and O–H groups in total. The second kappa shape index (κ2) is 5.26. The maximum absolute atomic E-state index is 12.9. The van der Waals surface area contributed by atoms with Crippen LogP contribution in [0.25, 0.3) is 0 Å². The summed E-state index contributed by atoms with van der Waals surface area (Å²) in [6, 6.07) is 0. The Hall–Kier alpha value is -1.03. The second-order valence-corrected chi connectivity index (χ2v) is 9.22. The number of thiazole rings is 1. The molecule has 1 unspecified atom stereocenters. The van der Waals surface area contributed by atoms with Crippen LogP contribution in [0.2, 0.25) is 0 Å². The van der Waals surface area contributed by atoms with E-state index in [4.69, 9.17) is 4.74 Å². The van der Waals surface area contributed by atoms with Gasteiger partial charge in [0.25, 0.3) is 10.0 Å². The average molecular weight is 346 g/mol. The van der Waals surface area contributed by atoms with E-state index in [0.29, 0.717) is 23.5 Å². The van der Waals surface area contributed by atoms with E-state index < -0.39 is 27.7 Å². The summed E-state index contributed by atoms with van der Waals surface area (Å²) in [5.74, 6) is -1.12. The van der Waals surface area contributed by atoms with E-state index in [2.05, 4.69) is 4.98 Å². The molecule has 1 saturated heterocycles. The molecule has 0 amide bonds. The van der Waals surface area contributed by atoms with Gasteiger partial charge in [-0.25, -0.2) is 18.2 Å². The number of aromatic nitrogens is 1. The number of morpholine rings is 1. The van der Waals surface area contributed by atoms with E-state index >= 15 is 0 Å². The standard InChI is InChI=1S/C13H18N2O5S2/c1-8-12(21-9(2)14-8)22(18,19)15-6-10(11(16)17)20-13(7-15)4-3-5-13/h10H,3-7H2,1-2H3,(H,16,17). The Bertz CT molecular complexity index is 708. The van der Waals surface area contributed by atoms with Gasteiger partial charge < -0.3 is 9.84 Å². The zero-order chi connectivity index (χ0) is 16.1. The van der Waals surface area contributed by atoms with Gasteiger partial charge in [-0.3, -0.25) is 0 Å². The Kier molecular flexibility index (Phi) is 3.79. The summed E-state index contributed by atoms with van der Waals surface area (Å²) < 4.78 is 32.8. The lowest BCUT2D eigenvalue weighted by Gasteiger charge is -2.49. The summed E-state index contributed by atoms with van der Waals surface area (Å²) in [5.41, 5.74) is -0.175. The first kappa shape index (κ1) is 15.9. The summed E-state index contributed by atoms with van der Waals surface area (Å²) in [4.78, 5) is 15.5. The molecule has 1 atom stereocenters. The van der Waals surface area contributed by atoms with Crippen LogP contribution in [0.3, 0.4) is 0 Å². The summed E-state index contributed by atoms with van der Waals surface area (Å²) in [6.07, 6.45) is 1.21. The zero-order valence-corrected chi connectivity index (χ0v) is 14.0. The first-order chi connectivity index (χ1) is 10.2. The average Bonchev–Trinajstić information content (AvgIpc) is 2.76. The number of sulfonamides is 1. The van der Waals surface area contributed by atoms with Crippen LogP contribution in [-0.4, -0.2) is 53.6 Å². The number of rotatable bonds is 3. The van der Waals surface area contributed by atoms with Gasteiger partial charge in [0.05, 0.1) is 22.8 Å². The van der Waals surface area contributed by atoms with E-state index in [1.165, 1.54) is 4.31 Å². The molecule has 9 heteroatoms. The number of hydrogen-bond donors (Lipinski definition) is 1. The number of carboxylic acid groups (broad SMARTS) is 1. The number of carbonyl (C=O) groups is 1. The fourth-order valence-electron chi connectivity index (χ4n) is 2.98. The van der Waals surface area contributed by atoms with Crippen molar-refractivity contribution in [2.45, 2.75) is 49.0 Å². The molecule has 1 aliphatic heterocycles. The lowest BCUT2D eigenvalue weighted by Crippen LogP contribution is -2.61. The van der Waals surface area contributed by atoms with Gasteiger partial charge in [0, 0.05) is 6.54 Å². The first-order valence-electron chi connectivity index (χ1n) is 7.08. The number of aryl methyl sites for hydroxylation is 2. The topological polar surface area (TPSA) is 96.8 Å². The van der Waals surface area contributed by atoms with Crippen LogP contribution in [0.4, 0.5) is 0 Å². The molecule has 1 aliphatic carbocycles. The van der Waals surface area contributed by atoms with Gasteiger partial charge in [0.2, 0.25) is 0 Å². The van der Waals surface area contributed by atoms with Crippen molar-refractivity contribution in [2.24, 2.45) is 0 Å². The van der Waals surface area contributed by atoms with E-state index in [9.17, 15) is 18.3 Å². The molecule has 3 rings (SSSR count). The van der Waals surface area contributed by atoms with Crippen molar-refractivity contribution >= 4 is 27.3 Å². The van der Waals surface area contributed by atoms with Gasteiger partial charge in [-0.05, 0) is 33.1 Å². The highest BCUT2D eigenvalue weighted by molar-refractivity contribution is 7.91. The van der Waals surface area contributed by atoms with Gasteiger partial charge >= 0.3 is 5.97 Å². The number of aliphatic carboxylic acids is 1. The molecule has 122 valence electrons. The van der Waals surface area contributed by atoms with Gasteiger partial charge in [0.1, 0.15) is 0 Å². The monoisotopic (exact) mass is 346 g/mol. The van der Waals surface area contributed by atoms with Crippen LogP contribution in [-0.2, 0) is 19.6 Å². The summed E-state index contributed by atoms with van der Waals surface area (Å²) in [6.45, 7) is 3.47. The SMILES string of the molecule is Cc1nc(C)c(S(=O)(=O)N2CC(C(=O)O)OC3(CCC3)C2)s1. The minimum absolute atomic E-state index is 0.157. The molecule has 0 bridgehead atoms. The molecule has 1 spiro atoms. The molecule has 1 aromatic rings. The normalized spacial score (nSPS) is 25.1. The lowest BCUT2D eigenvalue weighted by atomic mass is 9.79. The summed E-state index contributed by atoms with van der Waals surface area (Å²) >= 11 is 1.12. The molecule has 2 fully saturated rings. The smallest absolute Gasteiger partial charge is 0.334 e. The molecule has 0 aromatic carbocycles. The largest absolute Gasteiger partial charge is 0.479 e. The molecule has 1 saturated carbocycles. The Balaban J connectivity index is 1.95. The molecule has 0 radical (unpaired) electrons. The third kappa shape index (κ3) is 2.55. The van der Waals surface area contributed by atoms with Crippen LogP contribution in [0.15, 0.2) is 4.21 Å². The zero-order valence-electron chi connectivity index (χ0n) is 12.4. The van der Waals surface area contributed by atoms with Crippen LogP contribution in [0, 0.1) is 13.8 Å². The van der Waals surface area contributed by atoms with Crippen LogP contribution in [0.5, 0.6) is 0 Å². The minimum atomic E-state index is -3.74. The Labute approximate surface area is 133 Å². The van der Waals surface area contributed by atoms with Crippen LogP contribution < -0.4 is 0 Å². The van der Waals surface area contributed by atoms with Gasteiger partial charge in [-0.15, -0.1) is 11.3 Å². The maximum atomic E-state index is 12.9. The molecule has 7 nitrogen and oxygen atoms in total. The van der Waals surface area contributed by atoms with Crippen molar-refractivity contribution in [1.82, 2.24) is 9.29 Å². The number of hydrogen-bond acceptors (Lipinski definition) is 6. The van der Waals surface area contributed by atoms with Crippen molar-refractivity contribution in [3.8, 4) is 0 Å². The first-order valence-corrected chi connectivity index (χ1v) is 9.34. The van der Waals surface area contributed by atoms with Gasteiger partial charge in [-0.2, -0.15) is 4.31 Å². The van der Waals surface area contributed by atoms with E-state index in [1.54, 1.807) is 13.8 Å². The number of ether oxygens (including phenoxy) is 1. The van der Waals surface area contributed by atoms with Crippen LogP contribution >= 0.6 is 11.3 Å². The highest BCUT2D eigenvalue weighted by Gasteiger charge is 2.50. The van der Waals surface area contributed by atoms with Crippen molar-refractivity contribution in [3.63, 3.8) is 0 Å². The number of nitrogens with zero attached hydrogens (tertiary/aromatic N) is 2. The third-order valence-corrected chi connectivity index (χ3v) is 7.67. The fourth-order valence-corrected chi connectivity index (χ4v) is 6.11. The van der Waals surface area contributed by atoms with Crippen LogP contribution in [0.1, 0.15) is 30.0 Å². The molecule has 2 aliphatic rings. The molecule has 1 aromatic heterocycles. The van der Waals surface area contributed by atoms with E-state index in [0.717, 1.165) is 17.8 Å². The lowest BCUT2D eigenvalue weighted by molar-refractivity contribution is -0.195. The Morgan fingerprint density at radius 2 is 2.14 bits per heavy atom. The molecule has 22 heavy (non-hydrogen) atoms. The maximum Gasteiger partial charge on any atom is 0.334 e. The molecule has 2 heterocycles. The minimum Gasteiger partial charge on any atom is -0.479 e. The third-order valence-electron chi connectivity index (χ3n) is 4.20. The Morgan fingerprint density at radius 3 is 2.59 bits per heavy atom. The highest BCUT2D eigenvalue weighted by atomic mass is 32.2. The fraction of sp³-hybridized carbons (Fsp3) is 0.692. The van der Waals surface area contributed by atoms with Gasteiger partial charge in [-0.1, -0.05) is 0 Å². The van der Waals surface area contributed by atoms with E-state index in [-0.39, 0.29) is 17.3 Å². The van der Waals surface area contributed by atoms with E-state index in [1.807, 2.05) is 0 Å². The quantitative estimate of drug-likeness (QED) is 0.882. The molecular weight excluding hydrogens is 328 g/mol. The molecular formula is C13H18N2O5S2. The van der Waals surface area contributed by atoms with Crippen molar-refractivity contribution < 1.29 is 23.1 Å². The number of carboxylic acids is 1. The Morgan fingerprint density at radius 1 is 1.45 bits per heavy atom.